The van der Waals surface area contributed by atoms with E-state index in [0.717, 1.165) is 25.8 Å². The Hall–Kier alpha value is -1.47. The van der Waals surface area contributed by atoms with Crippen molar-refractivity contribution in [3.63, 3.8) is 0 Å². The summed E-state index contributed by atoms with van der Waals surface area (Å²) in [4.78, 5) is 26.7. The number of piperidine rings is 1. The summed E-state index contributed by atoms with van der Waals surface area (Å²) >= 11 is 0. The molecule has 7 heteroatoms. The lowest BCUT2D eigenvalue weighted by atomic mass is 10.1. The Morgan fingerprint density at radius 3 is 2.38 bits per heavy atom. The number of aliphatic imine (C=N–C) groups is 1. The molecule has 0 aliphatic carbocycles. The minimum absolute atomic E-state index is 0.0738. The number of guanidine groups is 1. The monoisotopic (exact) mass is 299 g/mol. The standard InChI is InChI=1S/C8H15NO.C6H14N4O/c1-8(10)7-9-5-3-2-4-6-9;7-5(4-11)2-1-3-10-6(8)9/h2-7H2,1H3;4-5H,1-3,7H2,(H4,8,9,10)/t;5-/m.0/s1. The third-order valence-electron chi connectivity index (χ3n) is 3.06. The topological polar surface area (TPSA) is 128 Å². The van der Waals surface area contributed by atoms with E-state index in [-0.39, 0.29) is 12.0 Å². The van der Waals surface area contributed by atoms with Gasteiger partial charge in [0.2, 0.25) is 0 Å². The molecule has 0 spiro atoms. The van der Waals surface area contributed by atoms with Crippen molar-refractivity contribution in [1.82, 2.24) is 4.90 Å². The Balaban J connectivity index is 0.000000382. The van der Waals surface area contributed by atoms with Gasteiger partial charge in [0.05, 0.1) is 12.6 Å². The Morgan fingerprint density at radius 1 is 1.29 bits per heavy atom. The van der Waals surface area contributed by atoms with Crippen LogP contribution < -0.4 is 17.2 Å². The summed E-state index contributed by atoms with van der Waals surface area (Å²) in [7, 11) is 0. The number of carbonyl (C=O) groups is 2. The molecular weight excluding hydrogens is 270 g/mol. The van der Waals surface area contributed by atoms with Crippen LogP contribution in [0.2, 0.25) is 0 Å². The van der Waals surface area contributed by atoms with Crippen LogP contribution in [0.25, 0.3) is 0 Å². The zero-order chi connectivity index (χ0) is 16.1. The first-order chi connectivity index (χ1) is 9.95. The minimum Gasteiger partial charge on any atom is -0.370 e. The fraction of sp³-hybridized carbons (Fsp3) is 0.786. The van der Waals surface area contributed by atoms with Crippen molar-refractivity contribution in [1.29, 1.82) is 0 Å². The number of nitrogens with zero attached hydrogens (tertiary/aromatic N) is 2. The Bertz CT molecular complexity index is 323. The normalized spacial score (nSPS) is 16.3. The molecule has 21 heavy (non-hydrogen) atoms. The van der Waals surface area contributed by atoms with Gasteiger partial charge in [-0.1, -0.05) is 6.42 Å². The van der Waals surface area contributed by atoms with E-state index in [1.807, 2.05) is 0 Å². The van der Waals surface area contributed by atoms with Gasteiger partial charge in [-0.2, -0.15) is 0 Å². The molecule has 122 valence electrons. The minimum atomic E-state index is -0.385. The molecule has 1 aliphatic heterocycles. The van der Waals surface area contributed by atoms with Crippen LogP contribution in [0.15, 0.2) is 4.99 Å². The van der Waals surface area contributed by atoms with Gasteiger partial charge in [-0.3, -0.25) is 14.7 Å². The predicted molar refractivity (Wildman–Crippen MR) is 84.9 cm³/mol. The highest BCUT2D eigenvalue weighted by Gasteiger charge is 2.10. The first-order valence-corrected chi connectivity index (χ1v) is 7.43. The zero-order valence-electron chi connectivity index (χ0n) is 13.0. The van der Waals surface area contributed by atoms with Crippen LogP contribution >= 0.6 is 0 Å². The number of rotatable bonds is 7. The Labute approximate surface area is 126 Å². The molecule has 0 aromatic rings. The van der Waals surface area contributed by atoms with Crippen molar-refractivity contribution in [2.75, 3.05) is 26.2 Å². The zero-order valence-corrected chi connectivity index (χ0v) is 13.0. The number of nitrogens with two attached hydrogens (primary N) is 3. The molecule has 0 radical (unpaired) electrons. The maximum absolute atomic E-state index is 10.7. The van der Waals surface area contributed by atoms with Gasteiger partial charge in [-0.15, -0.1) is 0 Å². The molecule has 1 heterocycles. The van der Waals surface area contributed by atoms with E-state index in [2.05, 4.69) is 9.89 Å². The van der Waals surface area contributed by atoms with Crippen LogP contribution in [0.4, 0.5) is 0 Å². The summed E-state index contributed by atoms with van der Waals surface area (Å²) in [5.41, 5.74) is 15.4. The summed E-state index contributed by atoms with van der Waals surface area (Å²) in [5, 5.41) is 0. The van der Waals surface area contributed by atoms with Crippen LogP contribution in [-0.2, 0) is 9.59 Å². The molecule has 0 bridgehead atoms. The van der Waals surface area contributed by atoms with Gasteiger partial charge in [0.15, 0.2) is 5.96 Å². The van der Waals surface area contributed by atoms with Crippen molar-refractivity contribution < 1.29 is 9.59 Å². The second-order valence-electron chi connectivity index (χ2n) is 5.29. The molecular formula is C14H29N5O2. The third kappa shape index (κ3) is 13.3. The van der Waals surface area contributed by atoms with E-state index in [9.17, 15) is 9.59 Å². The predicted octanol–water partition coefficient (Wildman–Crippen LogP) is -0.372. The SMILES string of the molecule is CC(=O)CN1CCCCC1.NC(N)=NCCC[C@H](N)C=O. The molecule has 0 aromatic carbocycles. The second-order valence-corrected chi connectivity index (χ2v) is 5.29. The maximum Gasteiger partial charge on any atom is 0.185 e. The van der Waals surface area contributed by atoms with Crippen LogP contribution in [0.1, 0.15) is 39.0 Å². The van der Waals surface area contributed by atoms with Crippen molar-refractivity contribution in [3.8, 4) is 0 Å². The molecule has 0 aromatic heterocycles. The highest BCUT2D eigenvalue weighted by molar-refractivity contribution is 5.77. The number of ketones is 1. The fourth-order valence-electron chi connectivity index (χ4n) is 2.04. The molecule has 7 nitrogen and oxygen atoms in total. The molecule has 0 saturated carbocycles. The maximum atomic E-state index is 10.7. The van der Waals surface area contributed by atoms with Gasteiger partial charge in [0, 0.05) is 6.54 Å². The van der Waals surface area contributed by atoms with E-state index in [1.165, 1.54) is 19.3 Å². The summed E-state index contributed by atoms with van der Waals surface area (Å²) in [6.07, 6.45) is 5.96. The molecule has 6 N–H and O–H groups in total. The Kier molecular flexibility index (Phi) is 11.4. The van der Waals surface area contributed by atoms with E-state index in [0.29, 0.717) is 25.3 Å². The highest BCUT2D eigenvalue weighted by atomic mass is 16.1. The van der Waals surface area contributed by atoms with Crippen molar-refractivity contribution in [3.05, 3.63) is 0 Å². The lowest BCUT2D eigenvalue weighted by molar-refractivity contribution is -0.118. The lowest BCUT2D eigenvalue weighted by Crippen LogP contribution is -2.33. The number of Topliss-reactive ketones (excluding diaryl/α,β-unsaturated/α-hetero) is 1. The average molecular weight is 299 g/mol. The first-order valence-electron chi connectivity index (χ1n) is 7.43. The number of hydrogen-bond acceptors (Lipinski definition) is 5. The summed E-state index contributed by atoms with van der Waals surface area (Å²) in [6.45, 7) is 5.11. The second kappa shape index (κ2) is 12.3. The largest absolute Gasteiger partial charge is 0.370 e. The number of carbonyl (C=O) groups excluding carboxylic acids is 2. The van der Waals surface area contributed by atoms with Crippen molar-refractivity contribution in [2.45, 2.75) is 45.1 Å². The first kappa shape index (κ1) is 19.5. The van der Waals surface area contributed by atoms with Crippen molar-refractivity contribution in [2.24, 2.45) is 22.2 Å². The van der Waals surface area contributed by atoms with E-state index in [4.69, 9.17) is 17.2 Å². The van der Waals surface area contributed by atoms with Gasteiger partial charge in [-0.25, -0.2) is 0 Å². The van der Waals surface area contributed by atoms with Crippen LogP contribution in [0.3, 0.4) is 0 Å². The third-order valence-corrected chi connectivity index (χ3v) is 3.06. The quantitative estimate of drug-likeness (QED) is 0.255. The smallest absolute Gasteiger partial charge is 0.185 e. The van der Waals surface area contributed by atoms with Gasteiger partial charge >= 0.3 is 0 Å². The van der Waals surface area contributed by atoms with Gasteiger partial charge in [0.25, 0.3) is 0 Å². The molecule has 0 amide bonds. The fourth-order valence-corrected chi connectivity index (χ4v) is 2.04. The summed E-state index contributed by atoms with van der Waals surface area (Å²) in [6, 6.07) is -0.385. The van der Waals surface area contributed by atoms with E-state index in [1.54, 1.807) is 6.92 Å². The lowest BCUT2D eigenvalue weighted by Gasteiger charge is -2.24. The summed E-state index contributed by atoms with van der Waals surface area (Å²) < 4.78 is 0. The van der Waals surface area contributed by atoms with Gasteiger partial charge in [-0.05, 0) is 45.7 Å². The molecule has 1 saturated heterocycles. The Morgan fingerprint density at radius 2 is 1.90 bits per heavy atom. The molecule has 1 fully saturated rings. The number of hydrogen-bond donors (Lipinski definition) is 3. The number of likely N-dealkylation sites (tertiary alicyclic amines) is 1. The van der Waals surface area contributed by atoms with Crippen LogP contribution in [0.5, 0.6) is 0 Å². The summed E-state index contributed by atoms with van der Waals surface area (Å²) in [5.74, 6) is 0.367. The van der Waals surface area contributed by atoms with Gasteiger partial charge in [0.1, 0.15) is 12.1 Å². The van der Waals surface area contributed by atoms with E-state index >= 15 is 0 Å². The van der Waals surface area contributed by atoms with Crippen LogP contribution in [-0.4, -0.2) is 55.1 Å². The molecule has 1 rings (SSSR count). The molecule has 1 aliphatic rings. The average Bonchev–Trinajstić information content (AvgIpc) is 2.44. The van der Waals surface area contributed by atoms with E-state index < -0.39 is 0 Å². The van der Waals surface area contributed by atoms with Crippen molar-refractivity contribution >= 4 is 18.0 Å². The van der Waals surface area contributed by atoms with Crippen LogP contribution in [0, 0.1) is 0 Å². The molecule has 1 atom stereocenters. The molecule has 0 unspecified atom stereocenters. The number of aldehydes is 1. The highest BCUT2D eigenvalue weighted by Crippen LogP contribution is 2.07. The van der Waals surface area contributed by atoms with Gasteiger partial charge < -0.3 is 22.0 Å².